The summed E-state index contributed by atoms with van der Waals surface area (Å²) in [5.41, 5.74) is 0.681. The second-order valence-corrected chi connectivity index (χ2v) is 10.9. The van der Waals surface area contributed by atoms with E-state index >= 15 is 0 Å². The Morgan fingerprint density at radius 3 is 2.52 bits per heavy atom. The first-order chi connectivity index (χ1) is 15.1. The first-order valence-corrected chi connectivity index (χ1v) is 13.3. The Kier molecular flexibility index (Phi) is 7.52. The number of hydrogen-bond donors (Lipinski definition) is 3. The van der Waals surface area contributed by atoms with Gasteiger partial charge in [0.15, 0.2) is 17.0 Å². The number of aliphatic hydroxyl groups is 1. The molecule has 33 heavy (non-hydrogen) atoms. The van der Waals surface area contributed by atoms with Crippen molar-refractivity contribution in [3.05, 3.63) is 12.2 Å². The standard InChI is InChI=1S/C12H19BN5O12P3/c1-5-17-8-10(14-2)15-4-16-11(8)18(5)12-7(13)9(19)6(28-12)3-27-32(23,24)30-33(25,26)29-31(20,21)22/h4,6-7,9,12,19H,3H2,1-2H3,(H,23,24)(H,25,26)(H,14,15,16)(H2,20,21,22)/p-3. The van der Waals surface area contributed by atoms with E-state index in [0.29, 0.717) is 22.8 Å². The Balaban J connectivity index is 1.75. The molecule has 182 valence electrons. The van der Waals surface area contributed by atoms with Crippen LogP contribution in [0.25, 0.3) is 11.2 Å². The highest BCUT2D eigenvalue weighted by Crippen LogP contribution is 2.61. The van der Waals surface area contributed by atoms with E-state index in [9.17, 15) is 33.5 Å². The van der Waals surface area contributed by atoms with E-state index in [2.05, 4.69) is 33.4 Å². The summed E-state index contributed by atoms with van der Waals surface area (Å²) in [6.45, 7) is 0.636. The molecule has 0 aromatic carbocycles. The maximum absolute atomic E-state index is 11.7. The predicted octanol–water partition coefficient (Wildman–Crippen LogP) is -2.16. The smallest absolute Gasteiger partial charge is 0.280 e. The summed E-state index contributed by atoms with van der Waals surface area (Å²) in [5, 5.41) is 13.2. The van der Waals surface area contributed by atoms with Gasteiger partial charge in [-0.05, 0) is 12.7 Å². The van der Waals surface area contributed by atoms with Crippen LogP contribution in [0.3, 0.4) is 0 Å². The van der Waals surface area contributed by atoms with Gasteiger partial charge < -0.3 is 39.3 Å². The quantitative estimate of drug-likeness (QED) is 0.232. The highest BCUT2D eigenvalue weighted by Gasteiger charge is 2.43. The van der Waals surface area contributed by atoms with Gasteiger partial charge in [-0.25, -0.2) is 23.6 Å². The molecule has 1 fully saturated rings. The molecule has 17 nitrogen and oxygen atoms in total. The molecule has 1 aliphatic heterocycles. The van der Waals surface area contributed by atoms with E-state index in [4.69, 9.17) is 17.5 Å². The van der Waals surface area contributed by atoms with Crippen molar-refractivity contribution in [1.29, 1.82) is 0 Å². The van der Waals surface area contributed by atoms with Crippen molar-refractivity contribution in [2.24, 2.45) is 0 Å². The molecule has 7 unspecified atom stereocenters. The van der Waals surface area contributed by atoms with Crippen molar-refractivity contribution in [1.82, 2.24) is 19.5 Å². The van der Waals surface area contributed by atoms with Gasteiger partial charge in [-0.15, -0.1) is 0 Å². The molecule has 0 amide bonds. The molecule has 7 atom stereocenters. The van der Waals surface area contributed by atoms with Crippen LogP contribution in [0.5, 0.6) is 0 Å². The molecule has 0 spiro atoms. The number of phosphoric ester groups is 1. The molecule has 1 saturated heterocycles. The SMILES string of the molecule is [B]C1C(O)C(COP(=O)([O-])OP(=O)([O-])OP(=O)([O-])O)OC1n1c(C)nc2c(NC)ncnc21. The van der Waals surface area contributed by atoms with E-state index in [1.807, 2.05) is 0 Å². The zero-order chi connectivity index (χ0) is 24.8. The first-order valence-electron chi connectivity index (χ1n) is 8.83. The Morgan fingerprint density at radius 2 is 1.91 bits per heavy atom. The van der Waals surface area contributed by atoms with Crippen molar-refractivity contribution < 1.29 is 56.3 Å². The average molecular weight is 526 g/mol. The Morgan fingerprint density at radius 1 is 1.24 bits per heavy atom. The molecular weight excluding hydrogens is 510 g/mol. The number of phosphoric acid groups is 3. The van der Waals surface area contributed by atoms with Crippen LogP contribution in [-0.2, 0) is 31.6 Å². The third kappa shape index (κ3) is 6.06. The van der Waals surface area contributed by atoms with Gasteiger partial charge in [0.1, 0.15) is 24.5 Å². The first kappa shape index (κ1) is 26.4. The summed E-state index contributed by atoms with van der Waals surface area (Å²) in [5.74, 6) is -0.332. The van der Waals surface area contributed by atoms with Crippen molar-refractivity contribution in [2.75, 3.05) is 19.0 Å². The van der Waals surface area contributed by atoms with Crippen molar-refractivity contribution >= 4 is 48.3 Å². The minimum Gasteiger partial charge on any atom is -0.756 e. The molecular formula is C12H16BN5O12P3-3. The number of aryl methyl sites for hydroxylation is 1. The average Bonchev–Trinajstić information content (AvgIpc) is 3.13. The van der Waals surface area contributed by atoms with Gasteiger partial charge in [-0.1, -0.05) is 0 Å². The number of rotatable bonds is 9. The van der Waals surface area contributed by atoms with Crippen molar-refractivity contribution in [3.8, 4) is 0 Å². The highest BCUT2D eigenvalue weighted by molar-refractivity contribution is 7.65. The van der Waals surface area contributed by atoms with Crippen LogP contribution < -0.4 is 20.0 Å². The molecule has 3 heterocycles. The van der Waals surface area contributed by atoms with Gasteiger partial charge in [-0.2, -0.15) is 0 Å². The number of aliphatic hydroxyl groups excluding tert-OH is 1. The van der Waals surface area contributed by atoms with Gasteiger partial charge in [0, 0.05) is 7.05 Å². The summed E-state index contributed by atoms with van der Waals surface area (Å²) in [4.78, 5) is 54.3. The molecule has 0 saturated carbocycles. The lowest BCUT2D eigenvalue weighted by Crippen LogP contribution is -2.29. The number of nitrogens with one attached hydrogen (secondary N) is 1. The van der Waals surface area contributed by atoms with Crippen LogP contribution in [0, 0.1) is 6.92 Å². The van der Waals surface area contributed by atoms with Gasteiger partial charge in [-0.3, -0.25) is 18.3 Å². The molecule has 3 N–H and O–H groups in total. The molecule has 2 aromatic heterocycles. The molecule has 21 heteroatoms. The summed E-state index contributed by atoms with van der Waals surface area (Å²) in [6.07, 6.45) is -2.72. The normalized spacial score (nSPS) is 28.8. The highest BCUT2D eigenvalue weighted by atomic mass is 31.3. The third-order valence-electron chi connectivity index (χ3n) is 4.36. The zero-order valence-electron chi connectivity index (χ0n) is 16.8. The van der Waals surface area contributed by atoms with Crippen molar-refractivity contribution in [3.63, 3.8) is 0 Å². The van der Waals surface area contributed by atoms with E-state index in [0.717, 1.165) is 0 Å². The van der Waals surface area contributed by atoms with Crippen LogP contribution in [-0.4, -0.2) is 63.2 Å². The van der Waals surface area contributed by atoms with Crippen LogP contribution >= 0.6 is 23.5 Å². The minimum absolute atomic E-state index is 0.300. The Bertz CT molecular complexity index is 1170. The lowest BCUT2D eigenvalue weighted by molar-refractivity contribution is -0.250. The molecule has 0 bridgehead atoms. The van der Waals surface area contributed by atoms with E-state index < -0.39 is 54.3 Å². The fourth-order valence-corrected chi connectivity index (χ4v) is 5.99. The number of aromatic nitrogens is 4. The summed E-state index contributed by atoms with van der Waals surface area (Å²) in [6, 6.07) is 0. The number of imidazole rings is 1. The molecule has 1 aliphatic rings. The third-order valence-corrected chi connectivity index (χ3v) is 8.05. The van der Waals surface area contributed by atoms with E-state index in [1.54, 1.807) is 14.0 Å². The second-order valence-electron chi connectivity index (χ2n) is 6.63. The molecule has 3 rings (SSSR count). The lowest BCUT2D eigenvalue weighted by Gasteiger charge is -2.33. The monoisotopic (exact) mass is 526 g/mol. The number of hydrogen-bond acceptors (Lipinski definition) is 15. The maximum Gasteiger partial charge on any atom is 0.280 e. The summed E-state index contributed by atoms with van der Waals surface area (Å²) >= 11 is 0. The topological polar surface area (TPSA) is 253 Å². The predicted molar refractivity (Wildman–Crippen MR) is 102 cm³/mol. The second kappa shape index (κ2) is 9.42. The largest absolute Gasteiger partial charge is 0.756 e. The van der Waals surface area contributed by atoms with Crippen LogP contribution in [0.1, 0.15) is 12.1 Å². The molecule has 2 aromatic rings. The maximum atomic E-state index is 11.7. The molecule has 2 radical (unpaired) electrons. The van der Waals surface area contributed by atoms with Gasteiger partial charge in [0.2, 0.25) is 0 Å². The number of ether oxygens (including phenoxy) is 1. The van der Waals surface area contributed by atoms with Gasteiger partial charge in [0.25, 0.3) is 23.5 Å². The minimum atomic E-state index is -6.05. The fraction of sp³-hybridized carbons (Fsp3) is 0.583. The van der Waals surface area contributed by atoms with E-state index in [-0.39, 0.29) is 0 Å². The summed E-state index contributed by atoms with van der Waals surface area (Å²) < 4.78 is 51.6. The van der Waals surface area contributed by atoms with Crippen molar-refractivity contribution in [2.45, 2.75) is 31.2 Å². The number of nitrogens with zero attached hydrogens (tertiary/aromatic N) is 4. The van der Waals surface area contributed by atoms with Gasteiger partial charge >= 0.3 is 0 Å². The number of fused-ring (bicyclic) bond motifs is 1. The Hall–Kier alpha value is -1.26. The molecule has 0 aliphatic carbocycles. The van der Waals surface area contributed by atoms with Crippen LogP contribution in [0.15, 0.2) is 6.33 Å². The van der Waals surface area contributed by atoms with Crippen LogP contribution in [0.2, 0.25) is 5.82 Å². The number of anilines is 1. The zero-order valence-corrected chi connectivity index (χ0v) is 19.5. The fourth-order valence-electron chi connectivity index (χ4n) is 3.10. The van der Waals surface area contributed by atoms with Crippen LogP contribution in [0.4, 0.5) is 5.82 Å². The lowest BCUT2D eigenvalue weighted by atomic mass is 9.81. The van der Waals surface area contributed by atoms with Gasteiger partial charge in [0.05, 0.1) is 20.6 Å². The van der Waals surface area contributed by atoms with E-state index in [1.165, 1.54) is 10.9 Å². The Labute approximate surface area is 187 Å². The summed E-state index contributed by atoms with van der Waals surface area (Å²) in [7, 11) is -10.0.